The van der Waals surface area contributed by atoms with Crippen molar-refractivity contribution in [2.45, 2.75) is 6.54 Å². The van der Waals surface area contributed by atoms with Crippen LogP contribution in [-0.4, -0.2) is 19.5 Å². The second-order valence-corrected chi connectivity index (χ2v) is 4.36. The fourth-order valence-electron chi connectivity index (χ4n) is 1.99. The van der Waals surface area contributed by atoms with Gasteiger partial charge in [0.05, 0.1) is 0 Å². The van der Waals surface area contributed by atoms with Crippen LogP contribution in [0.25, 0.3) is 11.2 Å². The van der Waals surface area contributed by atoms with Crippen LogP contribution < -0.4 is 10.9 Å². The summed E-state index contributed by atoms with van der Waals surface area (Å²) in [7, 11) is 0. The molecular formula is C15H13N5O. The van der Waals surface area contributed by atoms with Gasteiger partial charge in [0.25, 0.3) is 5.56 Å². The Hall–Kier alpha value is -3.02. The molecule has 0 saturated carbocycles. The van der Waals surface area contributed by atoms with Gasteiger partial charge in [0, 0.05) is 24.6 Å². The molecule has 0 aliphatic heterocycles. The van der Waals surface area contributed by atoms with Crippen molar-refractivity contribution in [2.75, 3.05) is 5.32 Å². The third-order valence-electron chi connectivity index (χ3n) is 2.94. The summed E-state index contributed by atoms with van der Waals surface area (Å²) in [6, 6.07) is 9.51. The maximum absolute atomic E-state index is 12.5. The van der Waals surface area contributed by atoms with E-state index >= 15 is 0 Å². The zero-order chi connectivity index (χ0) is 14.7. The molecule has 0 unspecified atom stereocenters. The Kier molecular flexibility index (Phi) is 3.42. The van der Waals surface area contributed by atoms with E-state index in [9.17, 15) is 4.79 Å². The first-order chi connectivity index (χ1) is 10.3. The van der Waals surface area contributed by atoms with Crippen LogP contribution in [0.15, 0.2) is 60.2 Å². The zero-order valence-electron chi connectivity index (χ0n) is 11.2. The van der Waals surface area contributed by atoms with Gasteiger partial charge in [0.1, 0.15) is 0 Å². The van der Waals surface area contributed by atoms with Gasteiger partial charge < -0.3 is 5.32 Å². The molecule has 0 amide bonds. The molecule has 0 spiro atoms. The Bertz CT molecular complexity index is 842. The van der Waals surface area contributed by atoms with Gasteiger partial charge in [-0.25, -0.2) is 9.97 Å². The highest BCUT2D eigenvalue weighted by molar-refractivity contribution is 5.70. The van der Waals surface area contributed by atoms with Crippen molar-refractivity contribution in [3.05, 3.63) is 65.7 Å². The number of fused-ring (bicyclic) bond motifs is 1. The molecule has 1 aromatic carbocycles. The molecule has 2 aromatic heterocycles. The fourth-order valence-corrected chi connectivity index (χ4v) is 1.99. The lowest BCUT2D eigenvalue weighted by Gasteiger charge is -2.12. The molecule has 6 nitrogen and oxygen atoms in total. The average Bonchev–Trinajstić information content (AvgIpc) is 2.52. The largest absolute Gasteiger partial charge is 0.325 e. The van der Waals surface area contributed by atoms with Gasteiger partial charge in [0.15, 0.2) is 11.2 Å². The van der Waals surface area contributed by atoms with Crippen LogP contribution in [0.2, 0.25) is 0 Å². The van der Waals surface area contributed by atoms with E-state index in [0.29, 0.717) is 18.1 Å². The molecule has 21 heavy (non-hydrogen) atoms. The molecule has 104 valence electrons. The fraction of sp³-hybridized carbons (Fsp3) is 0.0667. The Morgan fingerprint density at radius 1 is 1.19 bits per heavy atom. The lowest BCUT2D eigenvalue weighted by Crippen LogP contribution is -2.24. The summed E-state index contributed by atoms with van der Waals surface area (Å²) in [4.78, 5) is 25.0. The van der Waals surface area contributed by atoms with Crippen LogP contribution in [0.5, 0.6) is 0 Å². The number of anilines is 2. The number of hydrogen-bond acceptors (Lipinski definition) is 5. The van der Waals surface area contributed by atoms with E-state index in [-0.39, 0.29) is 11.1 Å². The molecule has 0 aliphatic rings. The summed E-state index contributed by atoms with van der Waals surface area (Å²) in [5.74, 6) is 0.416. The molecule has 0 atom stereocenters. The molecule has 0 radical (unpaired) electrons. The van der Waals surface area contributed by atoms with Gasteiger partial charge >= 0.3 is 0 Å². The average molecular weight is 279 g/mol. The molecule has 6 heteroatoms. The number of hydrogen-bond donors (Lipinski definition) is 1. The third-order valence-corrected chi connectivity index (χ3v) is 2.94. The van der Waals surface area contributed by atoms with Gasteiger partial charge in [-0.2, -0.15) is 4.98 Å². The molecular weight excluding hydrogens is 266 g/mol. The Morgan fingerprint density at radius 3 is 2.71 bits per heavy atom. The molecule has 1 N–H and O–H groups in total. The first-order valence-electron chi connectivity index (χ1n) is 6.44. The van der Waals surface area contributed by atoms with Crippen LogP contribution in [0, 0.1) is 0 Å². The SMILES string of the molecule is C=CCn1c(Nc2ccccc2)nc2nccnc2c1=O. The monoisotopic (exact) mass is 279 g/mol. The van der Waals surface area contributed by atoms with E-state index in [4.69, 9.17) is 0 Å². The normalized spacial score (nSPS) is 10.5. The van der Waals surface area contributed by atoms with E-state index in [1.165, 1.54) is 17.0 Å². The molecule has 0 bridgehead atoms. The second kappa shape index (κ2) is 5.54. The van der Waals surface area contributed by atoms with Crippen molar-refractivity contribution in [1.29, 1.82) is 0 Å². The zero-order valence-corrected chi connectivity index (χ0v) is 11.2. The van der Waals surface area contributed by atoms with Gasteiger partial charge in [-0.15, -0.1) is 6.58 Å². The molecule has 0 aliphatic carbocycles. The molecule has 2 heterocycles. The van der Waals surface area contributed by atoms with E-state index in [1.54, 1.807) is 6.08 Å². The number of allylic oxidation sites excluding steroid dienone is 1. The van der Waals surface area contributed by atoms with Gasteiger partial charge in [-0.05, 0) is 12.1 Å². The number of nitrogens with one attached hydrogen (secondary N) is 1. The minimum atomic E-state index is -0.244. The number of rotatable bonds is 4. The Morgan fingerprint density at radius 2 is 1.95 bits per heavy atom. The van der Waals surface area contributed by atoms with Crippen molar-refractivity contribution < 1.29 is 0 Å². The predicted molar refractivity (Wildman–Crippen MR) is 81.5 cm³/mol. The Labute approximate surface area is 120 Å². The summed E-state index contributed by atoms with van der Waals surface area (Å²) >= 11 is 0. The lowest BCUT2D eigenvalue weighted by atomic mass is 10.3. The van der Waals surface area contributed by atoms with Crippen molar-refractivity contribution in [3.8, 4) is 0 Å². The van der Waals surface area contributed by atoms with E-state index in [0.717, 1.165) is 5.69 Å². The third kappa shape index (κ3) is 2.51. The van der Waals surface area contributed by atoms with Crippen molar-refractivity contribution >= 4 is 22.8 Å². The number of aromatic nitrogens is 4. The van der Waals surface area contributed by atoms with E-state index < -0.39 is 0 Å². The number of nitrogens with zero attached hydrogens (tertiary/aromatic N) is 4. The summed E-state index contributed by atoms with van der Waals surface area (Å²) < 4.78 is 1.48. The van der Waals surface area contributed by atoms with Crippen LogP contribution in [0.1, 0.15) is 0 Å². The van der Waals surface area contributed by atoms with Gasteiger partial charge in [-0.3, -0.25) is 9.36 Å². The maximum atomic E-state index is 12.5. The highest BCUT2D eigenvalue weighted by atomic mass is 16.1. The minimum Gasteiger partial charge on any atom is -0.325 e. The predicted octanol–water partition coefficient (Wildman–Crippen LogP) is 2.12. The molecule has 0 fully saturated rings. The van der Waals surface area contributed by atoms with Gasteiger partial charge in [-0.1, -0.05) is 24.3 Å². The standard InChI is InChI=1S/C15H13N5O/c1-2-10-20-14(21)12-13(17-9-8-16-12)19-15(20)18-11-6-4-3-5-7-11/h2-9H,1,10H2,(H,17,18,19). The second-order valence-electron chi connectivity index (χ2n) is 4.36. The van der Waals surface area contributed by atoms with E-state index in [2.05, 4.69) is 26.8 Å². The first kappa shape index (κ1) is 13.0. The summed E-state index contributed by atoms with van der Waals surface area (Å²) in [5.41, 5.74) is 1.16. The molecule has 3 rings (SSSR count). The van der Waals surface area contributed by atoms with E-state index in [1.807, 2.05) is 30.3 Å². The highest BCUT2D eigenvalue weighted by Gasteiger charge is 2.11. The Balaban J connectivity index is 2.18. The lowest BCUT2D eigenvalue weighted by molar-refractivity contribution is 0.776. The minimum absolute atomic E-state index is 0.244. The molecule has 0 saturated heterocycles. The quantitative estimate of drug-likeness (QED) is 0.740. The van der Waals surface area contributed by atoms with Crippen LogP contribution in [-0.2, 0) is 6.54 Å². The van der Waals surface area contributed by atoms with Crippen molar-refractivity contribution in [2.24, 2.45) is 0 Å². The maximum Gasteiger partial charge on any atom is 0.283 e. The van der Waals surface area contributed by atoms with Gasteiger partial charge in [0.2, 0.25) is 5.95 Å². The topological polar surface area (TPSA) is 72.7 Å². The van der Waals surface area contributed by atoms with Crippen LogP contribution in [0.4, 0.5) is 11.6 Å². The molecule has 3 aromatic rings. The summed E-state index contributed by atoms with van der Waals surface area (Å²) in [5, 5.41) is 3.13. The summed E-state index contributed by atoms with van der Waals surface area (Å²) in [6.45, 7) is 4.01. The van der Waals surface area contributed by atoms with Crippen molar-refractivity contribution in [1.82, 2.24) is 19.5 Å². The first-order valence-corrected chi connectivity index (χ1v) is 6.44. The van der Waals surface area contributed by atoms with Crippen LogP contribution in [0.3, 0.4) is 0 Å². The smallest absolute Gasteiger partial charge is 0.283 e. The highest BCUT2D eigenvalue weighted by Crippen LogP contribution is 2.14. The number of para-hydroxylation sites is 1. The van der Waals surface area contributed by atoms with Crippen molar-refractivity contribution in [3.63, 3.8) is 0 Å². The number of benzene rings is 1. The summed E-state index contributed by atoms with van der Waals surface area (Å²) in [6.07, 6.45) is 4.63. The van der Waals surface area contributed by atoms with Crippen LogP contribution >= 0.6 is 0 Å².